The van der Waals surface area contributed by atoms with Crippen molar-refractivity contribution in [3.8, 4) is 0 Å². The molecule has 20 heavy (non-hydrogen) atoms. The van der Waals surface area contributed by atoms with Gasteiger partial charge in [0, 0.05) is 6.92 Å². The monoisotopic (exact) mass is 274 g/mol. The van der Waals surface area contributed by atoms with Gasteiger partial charge >= 0.3 is 0 Å². The summed E-state index contributed by atoms with van der Waals surface area (Å²) in [6, 6.07) is 9.34. The molecule has 2 aromatic rings. The van der Waals surface area contributed by atoms with Crippen molar-refractivity contribution in [3.63, 3.8) is 0 Å². The molecule has 2 rings (SSSR count). The molecule has 5 nitrogen and oxygen atoms in total. The lowest BCUT2D eigenvalue weighted by Crippen LogP contribution is -2.39. The maximum atomic E-state index is 12.1. The van der Waals surface area contributed by atoms with Crippen LogP contribution in [0.1, 0.15) is 27.7 Å². The molecule has 0 unspecified atom stereocenters. The first kappa shape index (κ1) is 14.3. The van der Waals surface area contributed by atoms with Crippen molar-refractivity contribution >= 4 is 5.91 Å². The second-order valence-electron chi connectivity index (χ2n) is 4.69. The molecule has 0 bridgehead atoms. The molecule has 106 valence electrons. The van der Waals surface area contributed by atoms with Crippen molar-refractivity contribution in [2.75, 3.05) is 6.61 Å². The second kappa shape index (κ2) is 6.34. The molecule has 0 saturated carbocycles. The third-order valence-electron chi connectivity index (χ3n) is 2.99. The number of nitrogens with zero attached hydrogens (tertiary/aromatic N) is 1. The number of aryl methyl sites for hydroxylation is 2. The molecular weight excluding hydrogens is 256 g/mol. The van der Waals surface area contributed by atoms with Gasteiger partial charge in [-0.1, -0.05) is 30.3 Å². The van der Waals surface area contributed by atoms with E-state index in [0.717, 1.165) is 5.56 Å². The number of aliphatic hydroxyl groups excluding tert-OH is 1. The van der Waals surface area contributed by atoms with Crippen LogP contribution in [0, 0.1) is 13.8 Å². The van der Waals surface area contributed by atoms with Crippen molar-refractivity contribution in [2.45, 2.75) is 26.3 Å². The van der Waals surface area contributed by atoms with Crippen LogP contribution in [0.2, 0.25) is 0 Å². The standard InChI is InChI=1S/C15H18N2O3/c1-10-14(20-11(2)16-10)15(19)17-13(9-18)8-12-6-4-3-5-7-12/h3-7,13,18H,8-9H2,1-2H3,(H,17,19)/t13-/m0/s1. The van der Waals surface area contributed by atoms with Gasteiger partial charge in [0.1, 0.15) is 0 Å². The normalized spacial score (nSPS) is 12.2. The SMILES string of the molecule is Cc1nc(C)c(C(=O)N[C@H](CO)Cc2ccccc2)o1. The summed E-state index contributed by atoms with van der Waals surface area (Å²) in [5, 5.41) is 12.2. The number of benzene rings is 1. The van der Waals surface area contributed by atoms with E-state index in [-0.39, 0.29) is 24.3 Å². The van der Waals surface area contributed by atoms with Crippen molar-refractivity contribution < 1.29 is 14.3 Å². The summed E-state index contributed by atoms with van der Waals surface area (Å²) < 4.78 is 5.27. The zero-order valence-corrected chi connectivity index (χ0v) is 11.6. The number of aromatic nitrogens is 1. The van der Waals surface area contributed by atoms with E-state index in [1.54, 1.807) is 13.8 Å². The summed E-state index contributed by atoms with van der Waals surface area (Å²) in [4.78, 5) is 16.1. The predicted octanol–water partition coefficient (Wildman–Crippen LogP) is 1.62. The number of carbonyl (C=O) groups is 1. The molecule has 5 heteroatoms. The zero-order chi connectivity index (χ0) is 14.5. The number of rotatable bonds is 5. The van der Waals surface area contributed by atoms with Gasteiger partial charge in [0.25, 0.3) is 5.91 Å². The van der Waals surface area contributed by atoms with Gasteiger partial charge in [0.05, 0.1) is 18.3 Å². The lowest BCUT2D eigenvalue weighted by molar-refractivity contribution is 0.0886. The first-order valence-electron chi connectivity index (χ1n) is 6.50. The molecule has 1 atom stereocenters. The fourth-order valence-corrected chi connectivity index (χ4v) is 2.05. The Bertz CT molecular complexity index is 578. The van der Waals surface area contributed by atoms with Crippen LogP contribution in [0.5, 0.6) is 0 Å². The fraction of sp³-hybridized carbons (Fsp3) is 0.333. The smallest absolute Gasteiger partial charge is 0.289 e. The Morgan fingerprint density at radius 2 is 2.05 bits per heavy atom. The van der Waals surface area contributed by atoms with Gasteiger partial charge in [-0.25, -0.2) is 4.98 Å². The highest BCUT2D eigenvalue weighted by atomic mass is 16.4. The van der Waals surface area contributed by atoms with Crippen LogP contribution in [-0.2, 0) is 6.42 Å². The van der Waals surface area contributed by atoms with Crippen LogP contribution in [0.25, 0.3) is 0 Å². The minimum Gasteiger partial charge on any atom is -0.436 e. The number of nitrogens with one attached hydrogen (secondary N) is 1. The summed E-state index contributed by atoms with van der Waals surface area (Å²) in [5.41, 5.74) is 1.61. The van der Waals surface area contributed by atoms with E-state index < -0.39 is 0 Å². The first-order chi connectivity index (χ1) is 9.60. The third kappa shape index (κ3) is 3.45. The fourth-order valence-electron chi connectivity index (χ4n) is 2.05. The summed E-state index contributed by atoms with van der Waals surface area (Å²) >= 11 is 0. The third-order valence-corrected chi connectivity index (χ3v) is 2.99. The molecule has 2 N–H and O–H groups in total. The Hall–Kier alpha value is -2.14. The van der Waals surface area contributed by atoms with Crippen LogP contribution in [-0.4, -0.2) is 28.6 Å². The molecule has 0 saturated heterocycles. The molecule has 1 amide bonds. The lowest BCUT2D eigenvalue weighted by atomic mass is 10.1. The van der Waals surface area contributed by atoms with Crippen molar-refractivity contribution in [3.05, 3.63) is 53.2 Å². The second-order valence-corrected chi connectivity index (χ2v) is 4.69. The molecule has 1 aromatic carbocycles. The maximum Gasteiger partial charge on any atom is 0.289 e. The molecule has 0 aliphatic carbocycles. The van der Waals surface area contributed by atoms with Gasteiger partial charge < -0.3 is 14.8 Å². The molecule has 0 fully saturated rings. The van der Waals surface area contributed by atoms with Crippen LogP contribution < -0.4 is 5.32 Å². The lowest BCUT2D eigenvalue weighted by Gasteiger charge is -2.15. The topological polar surface area (TPSA) is 75.4 Å². The quantitative estimate of drug-likeness (QED) is 0.869. The Morgan fingerprint density at radius 1 is 1.35 bits per heavy atom. The van der Waals surface area contributed by atoms with Crippen molar-refractivity contribution in [1.82, 2.24) is 10.3 Å². The average molecular weight is 274 g/mol. The number of hydrogen-bond acceptors (Lipinski definition) is 4. The van der Waals surface area contributed by atoms with E-state index in [1.807, 2.05) is 30.3 Å². The molecular formula is C15H18N2O3. The molecule has 1 aromatic heterocycles. The van der Waals surface area contributed by atoms with E-state index >= 15 is 0 Å². The highest BCUT2D eigenvalue weighted by Gasteiger charge is 2.19. The van der Waals surface area contributed by atoms with Gasteiger partial charge in [0.2, 0.25) is 5.76 Å². The molecule has 0 aliphatic rings. The number of oxazole rings is 1. The van der Waals surface area contributed by atoms with Crippen LogP contribution >= 0.6 is 0 Å². The van der Waals surface area contributed by atoms with Crippen molar-refractivity contribution in [1.29, 1.82) is 0 Å². The highest BCUT2D eigenvalue weighted by Crippen LogP contribution is 2.10. The Morgan fingerprint density at radius 3 is 2.60 bits per heavy atom. The van der Waals surface area contributed by atoms with E-state index in [2.05, 4.69) is 10.3 Å². The summed E-state index contributed by atoms with van der Waals surface area (Å²) in [5.74, 6) is 0.309. The maximum absolute atomic E-state index is 12.1. The van der Waals surface area contributed by atoms with E-state index in [4.69, 9.17) is 4.42 Å². The molecule has 0 spiro atoms. The first-order valence-corrected chi connectivity index (χ1v) is 6.50. The summed E-state index contributed by atoms with van der Waals surface area (Å²) in [6.45, 7) is 3.28. The summed E-state index contributed by atoms with van der Waals surface area (Å²) in [6.07, 6.45) is 0.565. The van der Waals surface area contributed by atoms with Gasteiger partial charge in [-0.05, 0) is 18.9 Å². The number of carbonyl (C=O) groups excluding carboxylic acids is 1. The van der Waals surface area contributed by atoms with E-state index in [1.165, 1.54) is 0 Å². The number of aliphatic hydroxyl groups is 1. The molecule has 0 aliphatic heterocycles. The van der Waals surface area contributed by atoms with Gasteiger partial charge in [-0.3, -0.25) is 4.79 Å². The van der Waals surface area contributed by atoms with Gasteiger partial charge in [0.15, 0.2) is 5.89 Å². The van der Waals surface area contributed by atoms with E-state index in [0.29, 0.717) is 18.0 Å². The molecule has 0 radical (unpaired) electrons. The highest BCUT2D eigenvalue weighted by molar-refractivity contribution is 5.92. The Labute approximate surface area is 117 Å². The predicted molar refractivity (Wildman–Crippen MR) is 74.5 cm³/mol. The number of hydrogen-bond donors (Lipinski definition) is 2. The largest absolute Gasteiger partial charge is 0.436 e. The van der Waals surface area contributed by atoms with Crippen LogP contribution in [0.3, 0.4) is 0 Å². The van der Waals surface area contributed by atoms with Crippen LogP contribution in [0.15, 0.2) is 34.7 Å². The minimum absolute atomic E-state index is 0.132. The van der Waals surface area contributed by atoms with Gasteiger partial charge in [-0.15, -0.1) is 0 Å². The van der Waals surface area contributed by atoms with Crippen molar-refractivity contribution in [2.24, 2.45) is 0 Å². The Kier molecular flexibility index (Phi) is 4.53. The van der Waals surface area contributed by atoms with Crippen LogP contribution in [0.4, 0.5) is 0 Å². The van der Waals surface area contributed by atoms with Gasteiger partial charge in [-0.2, -0.15) is 0 Å². The molecule has 1 heterocycles. The zero-order valence-electron chi connectivity index (χ0n) is 11.6. The Balaban J connectivity index is 2.03. The number of amides is 1. The average Bonchev–Trinajstić information content (AvgIpc) is 2.78. The van der Waals surface area contributed by atoms with E-state index in [9.17, 15) is 9.90 Å². The summed E-state index contributed by atoms with van der Waals surface area (Å²) in [7, 11) is 0. The minimum atomic E-state index is -0.352.